The maximum Gasteiger partial charge on any atom is 0.307 e. The zero-order valence-corrected chi connectivity index (χ0v) is 16.4. The maximum absolute atomic E-state index is 11.7. The van der Waals surface area contributed by atoms with E-state index in [2.05, 4.69) is 25.3 Å². The highest BCUT2D eigenvalue weighted by atomic mass is 32.1. The van der Waals surface area contributed by atoms with E-state index in [9.17, 15) is 29.4 Å². The van der Waals surface area contributed by atoms with Crippen LogP contribution in [0.4, 0.5) is 0 Å². The Morgan fingerprint density at radius 3 is 1.69 bits per heavy atom. The summed E-state index contributed by atoms with van der Waals surface area (Å²) >= 11 is 8.08. The van der Waals surface area contributed by atoms with Crippen LogP contribution in [-0.4, -0.2) is 57.3 Å². The third kappa shape index (κ3) is 8.79. The molecule has 0 rings (SSSR count). The van der Waals surface area contributed by atoms with Crippen LogP contribution < -0.4 is 0 Å². The molecular weight excluding hydrogens is 384 g/mol. The number of esters is 1. The summed E-state index contributed by atoms with van der Waals surface area (Å²) in [5, 5.41) is 27.2. The molecule has 2 unspecified atom stereocenters. The molecule has 0 aromatic heterocycles. The summed E-state index contributed by atoms with van der Waals surface area (Å²) < 4.78 is 5.16. The van der Waals surface area contributed by atoms with Crippen molar-refractivity contribution in [1.29, 1.82) is 0 Å². The average Bonchev–Trinajstić information content (AvgIpc) is 2.59. The van der Waals surface area contributed by atoms with E-state index in [4.69, 9.17) is 9.84 Å². The Balaban J connectivity index is 5.33. The monoisotopic (exact) mass is 410 g/mol. The zero-order valence-electron chi connectivity index (χ0n) is 14.6. The van der Waals surface area contributed by atoms with Crippen molar-refractivity contribution in [3.63, 3.8) is 0 Å². The number of carbonyl (C=O) groups excluding carboxylic acids is 1. The van der Waals surface area contributed by atoms with Crippen molar-refractivity contribution in [2.75, 3.05) is 18.1 Å². The average molecular weight is 411 g/mol. The molecule has 0 saturated heterocycles. The quantitative estimate of drug-likeness (QED) is 0.216. The van der Waals surface area contributed by atoms with Gasteiger partial charge in [0, 0.05) is 16.9 Å². The van der Waals surface area contributed by atoms with Crippen LogP contribution >= 0.6 is 25.3 Å². The molecule has 0 aliphatic heterocycles. The van der Waals surface area contributed by atoms with Crippen molar-refractivity contribution in [2.45, 2.75) is 39.0 Å². The minimum atomic E-state index is -1.13. The second-order valence-corrected chi connectivity index (χ2v) is 6.98. The second kappa shape index (κ2) is 12.1. The van der Waals surface area contributed by atoms with Crippen LogP contribution in [0.2, 0.25) is 0 Å². The van der Waals surface area contributed by atoms with Gasteiger partial charge in [0.25, 0.3) is 0 Å². The predicted octanol–water partition coefficient (Wildman–Crippen LogP) is 1.83. The standard InChI is InChI=1S/C16H26O8S2/c1-2-16(5-10(7-25)14(20)21,6-11(8-26)15(22)23)9-24-13(19)4-3-12(17)18/h10-11,25-26H,2-9H2,1H3,(H,17,18)(H,20,21)(H,22,23). The molecule has 150 valence electrons. The molecule has 0 bridgehead atoms. The number of carboxylic acid groups (broad SMARTS) is 3. The van der Waals surface area contributed by atoms with Crippen LogP contribution in [0.1, 0.15) is 39.0 Å². The van der Waals surface area contributed by atoms with E-state index < -0.39 is 41.1 Å². The van der Waals surface area contributed by atoms with Gasteiger partial charge in [-0.15, -0.1) is 0 Å². The molecule has 0 aliphatic carbocycles. The molecular formula is C16H26O8S2. The first kappa shape index (κ1) is 24.6. The van der Waals surface area contributed by atoms with Gasteiger partial charge in [0.2, 0.25) is 0 Å². The number of hydrogen-bond donors (Lipinski definition) is 5. The lowest BCUT2D eigenvalue weighted by Gasteiger charge is -2.36. The van der Waals surface area contributed by atoms with Gasteiger partial charge in [0.05, 0.1) is 31.3 Å². The smallest absolute Gasteiger partial charge is 0.307 e. The Hall–Kier alpha value is -1.42. The third-order valence-corrected chi connectivity index (χ3v) is 5.21. The largest absolute Gasteiger partial charge is 0.481 e. The molecule has 3 N–H and O–H groups in total. The van der Waals surface area contributed by atoms with Gasteiger partial charge in [0.1, 0.15) is 0 Å². The van der Waals surface area contributed by atoms with Crippen molar-refractivity contribution >= 4 is 49.1 Å². The highest BCUT2D eigenvalue weighted by Crippen LogP contribution is 2.38. The summed E-state index contributed by atoms with van der Waals surface area (Å²) in [7, 11) is 0. The molecule has 0 radical (unpaired) electrons. The lowest BCUT2D eigenvalue weighted by Crippen LogP contribution is -2.37. The number of thiol groups is 2. The minimum absolute atomic E-state index is 0.0582. The zero-order chi connectivity index (χ0) is 20.3. The fourth-order valence-electron chi connectivity index (χ4n) is 2.61. The van der Waals surface area contributed by atoms with E-state index in [0.29, 0.717) is 6.42 Å². The van der Waals surface area contributed by atoms with Crippen molar-refractivity contribution in [2.24, 2.45) is 17.3 Å². The summed E-state index contributed by atoms with van der Waals surface area (Å²) in [6.45, 7) is 1.58. The third-order valence-electron chi connectivity index (χ3n) is 4.33. The summed E-state index contributed by atoms with van der Waals surface area (Å²) in [4.78, 5) is 45.0. The van der Waals surface area contributed by atoms with Crippen molar-refractivity contribution in [1.82, 2.24) is 0 Å². The number of ether oxygens (including phenoxy) is 1. The van der Waals surface area contributed by atoms with E-state index >= 15 is 0 Å². The fourth-order valence-corrected chi connectivity index (χ4v) is 3.18. The predicted molar refractivity (Wildman–Crippen MR) is 99.7 cm³/mol. The van der Waals surface area contributed by atoms with Crippen LogP contribution in [0.3, 0.4) is 0 Å². The van der Waals surface area contributed by atoms with Gasteiger partial charge in [0.15, 0.2) is 0 Å². The van der Waals surface area contributed by atoms with Crippen LogP contribution in [0, 0.1) is 17.3 Å². The van der Waals surface area contributed by atoms with Gasteiger partial charge in [-0.3, -0.25) is 19.2 Å². The van der Waals surface area contributed by atoms with Crippen molar-refractivity contribution in [3.05, 3.63) is 0 Å². The first-order chi connectivity index (χ1) is 12.1. The van der Waals surface area contributed by atoms with E-state index in [1.807, 2.05) is 0 Å². The summed E-state index contributed by atoms with van der Waals surface area (Å²) in [5.41, 5.74) is -0.879. The molecule has 2 atom stereocenters. The highest BCUT2D eigenvalue weighted by Gasteiger charge is 2.38. The lowest BCUT2D eigenvalue weighted by molar-refractivity contribution is -0.153. The molecule has 0 amide bonds. The van der Waals surface area contributed by atoms with Gasteiger partial charge < -0.3 is 20.1 Å². The number of rotatable bonds is 14. The summed E-state index contributed by atoms with van der Waals surface area (Å²) in [6, 6.07) is 0. The van der Waals surface area contributed by atoms with Crippen LogP contribution in [0.15, 0.2) is 0 Å². The number of aliphatic carboxylic acids is 3. The topological polar surface area (TPSA) is 138 Å². The Morgan fingerprint density at radius 1 is 0.923 bits per heavy atom. The van der Waals surface area contributed by atoms with Gasteiger partial charge in [-0.25, -0.2) is 0 Å². The number of carbonyl (C=O) groups is 4. The molecule has 0 aliphatic rings. The Kier molecular flexibility index (Phi) is 11.4. The van der Waals surface area contributed by atoms with Gasteiger partial charge in [-0.2, -0.15) is 25.3 Å². The van der Waals surface area contributed by atoms with E-state index in [-0.39, 0.29) is 43.8 Å². The van der Waals surface area contributed by atoms with Gasteiger partial charge in [-0.05, 0) is 19.3 Å². The molecule has 0 fully saturated rings. The first-order valence-corrected chi connectivity index (χ1v) is 9.42. The maximum atomic E-state index is 11.7. The molecule has 26 heavy (non-hydrogen) atoms. The number of carboxylic acids is 3. The second-order valence-electron chi connectivity index (χ2n) is 6.25. The summed E-state index contributed by atoms with van der Waals surface area (Å²) in [5.74, 6) is -5.52. The first-order valence-electron chi connectivity index (χ1n) is 8.15. The van der Waals surface area contributed by atoms with Crippen LogP contribution in [-0.2, 0) is 23.9 Å². The van der Waals surface area contributed by atoms with Crippen molar-refractivity contribution in [3.8, 4) is 0 Å². The molecule has 8 nitrogen and oxygen atoms in total. The Morgan fingerprint density at radius 2 is 1.38 bits per heavy atom. The Labute approximate surface area is 163 Å². The molecule has 0 spiro atoms. The molecule has 0 aromatic carbocycles. The van der Waals surface area contributed by atoms with Gasteiger partial charge in [-0.1, -0.05) is 6.92 Å². The number of hydrogen-bond acceptors (Lipinski definition) is 7. The highest BCUT2D eigenvalue weighted by molar-refractivity contribution is 7.80. The Bertz CT molecular complexity index is 484. The van der Waals surface area contributed by atoms with Crippen LogP contribution in [0.5, 0.6) is 0 Å². The molecule has 0 heterocycles. The summed E-state index contributed by atoms with van der Waals surface area (Å²) in [6.07, 6.45) is -0.119. The fraction of sp³-hybridized carbons (Fsp3) is 0.750. The normalized spacial score (nSPS) is 15.5. The minimum Gasteiger partial charge on any atom is -0.481 e. The lowest BCUT2D eigenvalue weighted by atomic mass is 9.72. The van der Waals surface area contributed by atoms with E-state index in [1.165, 1.54) is 0 Å². The van der Waals surface area contributed by atoms with Gasteiger partial charge >= 0.3 is 23.9 Å². The van der Waals surface area contributed by atoms with E-state index in [1.54, 1.807) is 6.92 Å². The van der Waals surface area contributed by atoms with Crippen molar-refractivity contribution < 1.29 is 39.2 Å². The SMILES string of the molecule is CCC(COC(=O)CCC(=O)O)(CC(CS)C(=O)O)CC(CS)C(=O)O. The molecule has 0 aromatic rings. The molecule has 0 saturated carbocycles. The van der Waals surface area contributed by atoms with Crippen LogP contribution in [0.25, 0.3) is 0 Å². The molecule has 10 heteroatoms. The van der Waals surface area contributed by atoms with E-state index in [0.717, 1.165) is 0 Å².